The maximum Gasteiger partial charge on any atom is 0.191 e. The minimum atomic E-state index is 0. The van der Waals surface area contributed by atoms with Gasteiger partial charge < -0.3 is 15.4 Å². The van der Waals surface area contributed by atoms with E-state index < -0.39 is 0 Å². The van der Waals surface area contributed by atoms with Crippen molar-refractivity contribution < 1.29 is 4.74 Å². The molecule has 0 heterocycles. The molecule has 0 unspecified atom stereocenters. The van der Waals surface area contributed by atoms with Crippen LogP contribution in [0.2, 0.25) is 0 Å². The minimum Gasteiger partial charge on any atom is -0.380 e. The molecule has 4 nitrogen and oxygen atoms in total. The Labute approximate surface area is 145 Å². The molecule has 120 valence electrons. The molecule has 1 rings (SSSR count). The zero-order valence-electron chi connectivity index (χ0n) is 13.3. The average Bonchev–Trinajstić information content (AvgIpc) is 2.47. The van der Waals surface area contributed by atoms with E-state index in [4.69, 9.17) is 4.74 Å². The number of unbranched alkanes of at least 4 members (excludes halogenated alkanes) is 1. The maximum absolute atomic E-state index is 5.11. The van der Waals surface area contributed by atoms with Crippen molar-refractivity contribution in [3.63, 3.8) is 0 Å². The molecule has 0 aliphatic heterocycles. The third kappa shape index (κ3) is 8.93. The molecule has 1 aromatic rings. The van der Waals surface area contributed by atoms with Crippen molar-refractivity contribution in [3.8, 4) is 0 Å². The lowest BCUT2D eigenvalue weighted by molar-refractivity contribution is 0.185. The summed E-state index contributed by atoms with van der Waals surface area (Å²) < 4.78 is 5.11. The van der Waals surface area contributed by atoms with Gasteiger partial charge in [-0.15, -0.1) is 24.0 Å². The Morgan fingerprint density at radius 3 is 2.33 bits per heavy atom. The van der Waals surface area contributed by atoms with Crippen LogP contribution in [0.4, 0.5) is 0 Å². The molecule has 21 heavy (non-hydrogen) atoms. The fourth-order valence-electron chi connectivity index (χ4n) is 1.80. The zero-order valence-corrected chi connectivity index (χ0v) is 15.6. The second-order valence-corrected chi connectivity index (χ2v) is 4.73. The van der Waals surface area contributed by atoms with Crippen molar-refractivity contribution in [2.24, 2.45) is 4.99 Å². The van der Waals surface area contributed by atoms with Crippen LogP contribution in [0.5, 0.6) is 0 Å². The number of ether oxygens (including phenoxy) is 1. The lowest BCUT2D eigenvalue weighted by atomic mass is 10.1. The molecule has 1 aromatic carbocycles. The minimum absolute atomic E-state index is 0. The van der Waals surface area contributed by atoms with E-state index in [-0.39, 0.29) is 24.0 Å². The Hall–Kier alpha value is -0.820. The van der Waals surface area contributed by atoms with Crippen LogP contribution in [0, 0.1) is 0 Å². The highest BCUT2D eigenvalue weighted by Crippen LogP contribution is 2.06. The van der Waals surface area contributed by atoms with E-state index in [1.54, 1.807) is 7.11 Å². The summed E-state index contributed by atoms with van der Waals surface area (Å²) in [7, 11) is 1.71. The van der Waals surface area contributed by atoms with Gasteiger partial charge in [0, 0.05) is 20.2 Å². The van der Waals surface area contributed by atoms with Gasteiger partial charge in [-0.3, -0.25) is 0 Å². The molecule has 0 spiro atoms. The molecule has 0 aromatic heterocycles. The normalized spacial score (nSPS) is 10.9. The topological polar surface area (TPSA) is 45.7 Å². The summed E-state index contributed by atoms with van der Waals surface area (Å²) in [5.74, 6) is 0.891. The van der Waals surface area contributed by atoms with Gasteiger partial charge in [0.15, 0.2) is 5.96 Å². The number of hydrogen-bond acceptors (Lipinski definition) is 2. The van der Waals surface area contributed by atoms with Crippen LogP contribution in [-0.2, 0) is 17.9 Å². The number of hydrogen-bond donors (Lipinski definition) is 2. The summed E-state index contributed by atoms with van der Waals surface area (Å²) >= 11 is 0. The second-order valence-electron chi connectivity index (χ2n) is 4.73. The van der Waals surface area contributed by atoms with Crippen LogP contribution in [0.25, 0.3) is 0 Å². The first-order valence-electron chi connectivity index (χ1n) is 7.39. The molecule has 0 aliphatic rings. The SMILES string of the molecule is CCCCNC(=NCc1ccc(COC)cc1)NCC.I. The molecule has 0 radical (unpaired) electrons. The van der Waals surface area contributed by atoms with Crippen LogP contribution in [0.15, 0.2) is 29.3 Å². The smallest absolute Gasteiger partial charge is 0.191 e. The number of nitrogens with zero attached hydrogens (tertiary/aromatic N) is 1. The van der Waals surface area contributed by atoms with Gasteiger partial charge in [-0.2, -0.15) is 0 Å². The average molecular weight is 405 g/mol. The van der Waals surface area contributed by atoms with Gasteiger partial charge in [-0.1, -0.05) is 37.6 Å². The van der Waals surface area contributed by atoms with Crippen molar-refractivity contribution in [2.75, 3.05) is 20.2 Å². The first-order valence-corrected chi connectivity index (χ1v) is 7.39. The first kappa shape index (κ1) is 20.2. The zero-order chi connectivity index (χ0) is 14.6. The molecule has 2 N–H and O–H groups in total. The van der Waals surface area contributed by atoms with E-state index >= 15 is 0 Å². The predicted molar refractivity (Wildman–Crippen MR) is 100 cm³/mol. The molecule has 0 fully saturated rings. The van der Waals surface area contributed by atoms with Crippen molar-refractivity contribution in [1.82, 2.24) is 10.6 Å². The van der Waals surface area contributed by atoms with Gasteiger partial charge in [0.05, 0.1) is 13.2 Å². The monoisotopic (exact) mass is 405 g/mol. The van der Waals surface area contributed by atoms with E-state index in [0.29, 0.717) is 13.2 Å². The van der Waals surface area contributed by atoms with Gasteiger partial charge in [0.25, 0.3) is 0 Å². The van der Waals surface area contributed by atoms with Crippen LogP contribution >= 0.6 is 24.0 Å². The van der Waals surface area contributed by atoms with E-state index in [0.717, 1.165) is 25.5 Å². The maximum atomic E-state index is 5.11. The standard InChI is InChI=1S/C16H27N3O.HI/c1-4-6-11-18-16(17-5-2)19-12-14-7-9-15(10-8-14)13-20-3;/h7-10H,4-6,11-13H2,1-3H3,(H2,17,18,19);1H. The molecule has 0 saturated carbocycles. The van der Waals surface area contributed by atoms with E-state index in [1.807, 2.05) is 0 Å². The van der Waals surface area contributed by atoms with Crippen LogP contribution < -0.4 is 10.6 Å². The summed E-state index contributed by atoms with van der Waals surface area (Å²) in [4.78, 5) is 4.59. The lowest BCUT2D eigenvalue weighted by Gasteiger charge is -2.10. The molecular weight excluding hydrogens is 377 g/mol. The summed E-state index contributed by atoms with van der Waals surface area (Å²) in [6.45, 7) is 7.46. The lowest BCUT2D eigenvalue weighted by Crippen LogP contribution is -2.37. The van der Waals surface area contributed by atoms with Gasteiger partial charge in [0.2, 0.25) is 0 Å². The Kier molecular flexibility index (Phi) is 12.4. The summed E-state index contributed by atoms with van der Waals surface area (Å²) in [5, 5.41) is 6.60. The van der Waals surface area contributed by atoms with Gasteiger partial charge in [0.1, 0.15) is 0 Å². The summed E-state index contributed by atoms with van der Waals surface area (Å²) in [5.41, 5.74) is 2.39. The van der Waals surface area contributed by atoms with Crippen molar-refractivity contribution in [2.45, 2.75) is 39.8 Å². The van der Waals surface area contributed by atoms with Crippen molar-refractivity contribution in [3.05, 3.63) is 35.4 Å². The van der Waals surface area contributed by atoms with Crippen LogP contribution in [0.1, 0.15) is 37.8 Å². The third-order valence-corrected chi connectivity index (χ3v) is 2.92. The molecule has 0 saturated heterocycles. The third-order valence-electron chi connectivity index (χ3n) is 2.92. The Bertz CT molecular complexity index is 393. The van der Waals surface area contributed by atoms with Gasteiger partial charge >= 0.3 is 0 Å². The van der Waals surface area contributed by atoms with E-state index in [2.05, 4.69) is 53.7 Å². The van der Waals surface area contributed by atoms with Gasteiger partial charge in [-0.25, -0.2) is 4.99 Å². The highest BCUT2D eigenvalue weighted by Gasteiger charge is 1.97. The molecule has 5 heteroatoms. The predicted octanol–water partition coefficient (Wildman–Crippen LogP) is 3.31. The van der Waals surface area contributed by atoms with Gasteiger partial charge in [-0.05, 0) is 24.5 Å². The fraction of sp³-hybridized carbons (Fsp3) is 0.562. The Balaban J connectivity index is 0.00000400. The molecule has 0 amide bonds. The number of nitrogens with one attached hydrogen (secondary N) is 2. The van der Waals surface area contributed by atoms with Crippen molar-refractivity contribution >= 4 is 29.9 Å². The van der Waals surface area contributed by atoms with E-state index in [1.165, 1.54) is 17.5 Å². The Morgan fingerprint density at radius 1 is 1.10 bits per heavy atom. The number of guanidine groups is 1. The number of rotatable bonds is 8. The van der Waals surface area contributed by atoms with Crippen LogP contribution in [0.3, 0.4) is 0 Å². The van der Waals surface area contributed by atoms with Crippen LogP contribution in [-0.4, -0.2) is 26.2 Å². The Morgan fingerprint density at radius 2 is 1.76 bits per heavy atom. The fourth-order valence-corrected chi connectivity index (χ4v) is 1.80. The quantitative estimate of drug-likeness (QED) is 0.302. The highest BCUT2D eigenvalue weighted by atomic mass is 127. The number of aliphatic imine (C=N–C) groups is 1. The highest BCUT2D eigenvalue weighted by molar-refractivity contribution is 14.0. The summed E-state index contributed by atoms with van der Waals surface area (Å²) in [6, 6.07) is 8.39. The molecule has 0 aliphatic carbocycles. The molecular formula is C16H28IN3O. The van der Waals surface area contributed by atoms with Crippen molar-refractivity contribution in [1.29, 1.82) is 0 Å². The largest absolute Gasteiger partial charge is 0.380 e. The first-order chi connectivity index (χ1) is 9.80. The number of benzene rings is 1. The molecule has 0 atom stereocenters. The number of halogens is 1. The number of methoxy groups -OCH3 is 1. The molecule has 0 bridgehead atoms. The second kappa shape index (κ2) is 12.9. The van der Waals surface area contributed by atoms with E-state index in [9.17, 15) is 0 Å². The summed E-state index contributed by atoms with van der Waals surface area (Å²) in [6.07, 6.45) is 2.35.